The molecular formula is C18H20F2N2S2. The van der Waals surface area contributed by atoms with Gasteiger partial charge in [-0.25, -0.2) is 0 Å². The second kappa shape index (κ2) is 8.99. The molecule has 0 fully saturated rings. The number of halogens is 2. The topological polar surface area (TPSA) is 24.1 Å². The summed E-state index contributed by atoms with van der Waals surface area (Å²) in [6.45, 7) is 4.26. The molecule has 0 amide bonds. The largest absolute Gasteiger partial charge is 0.355 e. The van der Waals surface area contributed by atoms with Gasteiger partial charge in [0.1, 0.15) is 0 Å². The number of rotatable bonds is 6. The van der Waals surface area contributed by atoms with Crippen LogP contribution in [0.25, 0.3) is 0 Å². The molecule has 0 saturated carbocycles. The lowest BCUT2D eigenvalue weighted by Crippen LogP contribution is -2.34. The van der Waals surface area contributed by atoms with Crippen molar-refractivity contribution < 1.29 is 8.78 Å². The van der Waals surface area contributed by atoms with Crippen LogP contribution in [0.5, 0.6) is 0 Å². The molecule has 0 bridgehead atoms. The van der Waals surface area contributed by atoms with E-state index < -0.39 is 5.76 Å². The van der Waals surface area contributed by atoms with Crippen molar-refractivity contribution in [3.63, 3.8) is 0 Å². The lowest BCUT2D eigenvalue weighted by atomic mass is 9.96. The van der Waals surface area contributed by atoms with E-state index >= 15 is 0 Å². The highest BCUT2D eigenvalue weighted by Crippen LogP contribution is 2.26. The first-order chi connectivity index (χ1) is 11.5. The van der Waals surface area contributed by atoms with E-state index in [0.717, 1.165) is 5.69 Å². The minimum atomic E-state index is -2.41. The van der Waals surface area contributed by atoms with Gasteiger partial charge in [0, 0.05) is 10.6 Å². The number of hydrogen-bond acceptors (Lipinski definition) is 2. The third kappa shape index (κ3) is 5.76. The van der Waals surface area contributed by atoms with Gasteiger partial charge in [0.05, 0.1) is 6.04 Å². The smallest absolute Gasteiger partial charge is 0.288 e. The van der Waals surface area contributed by atoms with Crippen molar-refractivity contribution in [2.24, 2.45) is 5.92 Å². The van der Waals surface area contributed by atoms with Crippen LogP contribution in [0.1, 0.15) is 25.5 Å². The van der Waals surface area contributed by atoms with Gasteiger partial charge in [-0.05, 0) is 48.0 Å². The molecule has 0 aromatic heterocycles. The van der Waals surface area contributed by atoms with Crippen LogP contribution >= 0.6 is 24.0 Å². The van der Waals surface area contributed by atoms with Gasteiger partial charge in [0.2, 0.25) is 0 Å². The molecule has 0 aliphatic rings. The van der Waals surface area contributed by atoms with Gasteiger partial charge >= 0.3 is 0 Å². The highest BCUT2D eigenvalue weighted by atomic mass is 32.2. The maximum Gasteiger partial charge on any atom is 0.288 e. The molecule has 0 aliphatic heterocycles. The van der Waals surface area contributed by atoms with E-state index in [4.69, 9.17) is 12.2 Å². The zero-order chi connectivity index (χ0) is 17.5. The van der Waals surface area contributed by atoms with Gasteiger partial charge in [0.15, 0.2) is 5.11 Å². The standard InChI is InChI=1S/C18H20F2N2S2/c1-12(2)16(13-6-4-3-5-7-13)22-18(23)21-14-8-10-15(11-9-14)24-17(19)20/h3-12,16-17H,1-2H3,(H2,21,22,23)/t16-/m0/s1. The number of nitrogens with one attached hydrogen (secondary N) is 2. The summed E-state index contributed by atoms with van der Waals surface area (Å²) in [5.41, 5.74) is 1.93. The minimum Gasteiger partial charge on any atom is -0.355 e. The molecule has 2 rings (SSSR count). The summed E-state index contributed by atoms with van der Waals surface area (Å²) in [4.78, 5) is 0.527. The van der Waals surface area contributed by atoms with E-state index in [1.807, 2.05) is 18.2 Å². The molecule has 1 atom stereocenters. The molecular weight excluding hydrogens is 346 g/mol. The van der Waals surface area contributed by atoms with Gasteiger partial charge in [0.25, 0.3) is 5.76 Å². The Balaban J connectivity index is 1.98. The summed E-state index contributed by atoms with van der Waals surface area (Å²) in [6.07, 6.45) is 0. The Labute approximate surface area is 151 Å². The molecule has 24 heavy (non-hydrogen) atoms. The lowest BCUT2D eigenvalue weighted by molar-refractivity contribution is 0.252. The number of benzene rings is 2. The lowest BCUT2D eigenvalue weighted by Gasteiger charge is -2.24. The van der Waals surface area contributed by atoms with Gasteiger partial charge in [-0.15, -0.1) is 0 Å². The molecule has 0 radical (unpaired) electrons. The number of thioether (sulfide) groups is 1. The maximum atomic E-state index is 12.3. The van der Waals surface area contributed by atoms with Crippen LogP contribution < -0.4 is 10.6 Å². The highest BCUT2D eigenvalue weighted by molar-refractivity contribution is 7.99. The van der Waals surface area contributed by atoms with E-state index in [9.17, 15) is 8.78 Å². The zero-order valence-electron chi connectivity index (χ0n) is 13.5. The fourth-order valence-corrected chi connectivity index (χ4v) is 3.07. The summed E-state index contributed by atoms with van der Waals surface area (Å²) < 4.78 is 24.7. The minimum absolute atomic E-state index is 0.0971. The number of alkyl halides is 2. The summed E-state index contributed by atoms with van der Waals surface area (Å²) >= 11 is 5.92. The van der Waals surface area contributed by atoms with Crippen molar-refractivity contribution in [1.29, 1.82) is 0 Å². The van der Waals surface area contributed by atoms with Crippen molar-refractivity contribution in [3.05, 3.63) is 60.2 Å². The summed E-state index contributed by atoms with van der Waals surface area (Å²) in [7, 11) is 0. The van der Waals surface area contributed by atoms with Crippen molar-refractivity contribution in [1.82, 2.24) is 5.32 Å². The Morgan fingerprint density at radius 3 is 2.17 bits per heavy atom. The average Bonchev–Trinajstić information content (AvgIpc) is 2.54. The highest BCUT2D eigenvalue weighted by Gasteiger charge is 2.16. The Morgan fingerprint density at radius 1 is 1.00 bits per heavy atom. The second-order valence-corrected chi connectivity index (χ2v) is 7.11. The number of thiocarbonyl (C=S) groups is 1. The van der Waals surface area contributed by atoms with Crippen LogP contribution in [0, 0.1) is 5.92 Å². The quantitative estimate of drug-likeness (QED) is 0.507. The predicted molar refractivity (Wildman–Crippen MR) is 102 cm³/mol. The van der Waals surface area contributed by atoms with Crippen molar-refractivity contribution in [3.8, 4) is 0 Å². The van der Waals surface area contributed by atoms with Crippen molar-refractivity contribution in [2.45, 2.75) is 30.5 Å². The Kier molecular flexibility index (Phi) is 6.99. The Hall–Kier alpha value is -1.66. The Bertz CT molecular complexity index is 646. The third-order valence-electron chi connectivity index (χ3n) is 3.45. The SMILES string of the molecule is CC(C)[C@H](NC(=S)Nc1ccc(SC(F)F)cc1)c1ccccc1. The molecule has 2 aromatic rings. The molecule has 128 valence electrons. The van der Waals surface area contributed by atoms with E-state index in [1.54, 1.807) is 24.3 Å². The molecule has 2 aromatic carbocycles. The summed E-state index contributed by atoms with van der Waals surface area (Å²) in [5.74, 6) is -2.05. The van der Waals surface area contributed by atoms with Crippen molar-refractivity contribution >= 4 is 34.8 Å². The molecule has 2 nitrogen and oxygen atoms in total. The van der Waals surface area contributed by atoms with Gasteiger partial charge in [-0.1, -0.05) is 55.9 Å². The van der Waals surface area contributed by atoms with Crippen LogP contribution in [0.3, 0.4) is 0 Å². The molecule has 0 unspecified atom stereocenters. The summed E-state index contributed by atoms with van der Waals surface area (Å²) in [5, 5.41) is 6.93. The van der Waals surface area contributed by atoms with Gasteiger partial charge < -0.3 is 10.6 Å². The third-order valence-corrected chi connectivity index (χ3v) is 4.39. The first-order valence-corrected chi connectivity index (χ1v) is 8.92. The average molecular weight is 367 g/mol. The molecule has 6 heteroatoms. The Morgan fingerprint density at radius 2 is 1.62 bits per heavy atom. The van der Waals surface area contributed by atoms with Crippen LogP contribution in [0.2, 0.25) is 0 Å². The molecule has 2 N–H and O–H groups in total. The van der Waals surface area contributed by atoms with Crippen LogP contribution in [0.4, 0.5) is 14.5 Å². The van der Waals surface area contributed by atoms with E-state index in [2.05, 4.69) is 36.6 Å². The molecule has 0 aliphatic carbocycles. The normalized spacial score (nSPS) is 12.2. The van der Waals surface area contributed by atoms with Gasteiger partial charge in [-0.2, -0.15) is 8.78 Å². The monoisotopic (exact) mass is 366 g/mol. The van der Waals surface area contributed by atoms with E-state index in [0.29, 0.717) is 27.7 Å². The van der Waals surface area contributed by atoms with Crippen LogP contribution in [0.15, 0.2) is 59.5 Å². The fourth-order valence-electron chi connectivity index (χ4n) is 2.32. The number of hydrogen-bond donors (Lipinski definition) is 2. The maximum absolute atomic E-state index is 12.3. The molecule has 0 heterocycles. The first kappa shape index (κ1) is 18.7. The van der Waals surface area contributed by atoms with Crippen LogP contribution in [-0.4, -0.2) is 10.9 Å². The van der Waals surface area contributed by atoms with Gasteiger partial charge in [-0.3, -0.25) is 0 Å². The first-order valence-electron chi connectivity index (χ1n) is 7.63. The molecule has 0 saturated heterocycles. The number of anilines is 1. The van der Waals surface area contributed by atoms with E-state index in [-0.39, 0.29) is 6.04 Å². The second-order valence-electron chi connectivity index (χ2n) is 5.63. The summed E-state index contributed by atoms with van der Waals surface area (Å²) in [6, 6.07) is 17.0. The predicted octanol–water partition coefficient (Wildman–Crippen LogP) is 5.69. The van der Waals surface area contributed by atoms with Crippen molar-refractivity contribution in [2.75, 3.05) is 5.32 Å². The zero-order valence-corrected chi connectivity index (χ0v) is 15.1. The van der Waals surface area contributed by atoms with Crippen LogP contribution in [-0.2, 0) is 0 Å². The fraction of sp³-hybridized carbons (Fsp3) is 0.278. The van der Waals surface area contributed by atoms with E-state index in [1.165, 1.54) is 5.56 Å². The molecule has 0 spiro atoms.